The zero-order valence-corrected chi connectivity index (χ0v) is 30.5. The van der Waals surface area contributed by atoms with Crippen molar-refractivity contribution in [3.05, 3.63) is 47.5 Å². The number of ether oxygens (including phenoxy) is 2. The fraction of sp³-hybridized carbons (Fsp3) is 0.529. The minimum absolute atomic E-state index is 0.0177. The normalized spacial score (nSPS) is 16.9. The van der Waals surface area contributed by atoms with Gasteiger partial charge in [-0.15, -0.1) is 0 Å². The highest BCUT2D eigenvalue weighted by molar-refractivity contribution is 7.89. The number of carbonyl (C=O) groups is 3. The summed E-state index contributed by atoms with van der Waals surface area (Å²) < 4.78 is 70.6. The number of alkyl halides is 3. The molecular weight excluding hydrogens is 709 g/mol. The molecule has 2 aromatic rings. The van der Waals surface area contributed by atoms with Crippen LogP contribution in [-0.4, -0.2) is 106 Å². The van der Waals surface area contributed by atoms with Crippen LogP contribution >= 0.6 is 0 Å². The van der Waals surface area contributed by atoms with Crippen LogP contribution in [0.25, 0.3) is 0 Å². The Hall–Kier alpha value is -4.42. The lowest BCUT2D eigenvalue weighted by Crippen LogP contribution is -2.47. The molecule has 1 aliphatic carbocycles. The average Bonchev–Trinajstić information content (AvgIpc) is 3.09. The topological polar surface area (TPSA) is 193 Å². The van der Waals surface area contributed by atoms with Crippen LogP contribution in [0.2, 0.25) is 0 Å². The van der Waals surface area contributed by atoms with Gasteiger partial charge in [0, 0.05) is 31.9 Å². The number of aliphatic carboxylic acids is 1. The molecule has 2 fully saturated rings. The fourth-order valence-electron chi connectivity index (χ4n) is 5.81. The van der Waals surface area contributed by atoms with Crippen LogP contribution in [-0.2, 0) is 30.8 Å². The molecule has 1 saturated heterocycles. The number of aliphatic imine (C=N–C) groups is 1. The summed E-state index contributed by atoms with van der Waals surface area (Å²) in [4.78, 5) is 42.1. The molecule has 2 aromatic carbocycles. The van der Waals surface area contributed by atoms with Gasteiger partial charge < -0.3 is 30.5 Å². The molecular formula is C34H47F3N6O8S. The molecule has 18 heteroatoms. The number of aryl methyl sites for hydroxylation is 1. The maximum absolute atomic E-state index is 13.7. The quantitative estimate of drug-likeness (QED) is 0.195. The van der Waals surface area contributed by atoms with Crippen molar-refractivity contribution in [1.29, 1.82) is 0 Å². The van der Waals surface area contributed by atoms with Crippen molar-refractivity contribution >= 4 is 39.5 Å². The average molecular weight is 757 g/mol. The minimum atomic E-state index is -5.08. The number of likely N-dealkylation sites (N-methyl/N-ethyl adjacent to an activating group) is 1. The van der Waals surface area contributed by atoms with Gasteiger partial charge in [-0.3, -0.25) is 14.9 Å². The van der Waals surface area contributed by atoms with E-state index in [1.165, 1.54) is 31.0 Å². The molecule has 1 saturated carbocycles. The number of carboxylic acids is 1. The Labute approximate surface area is 301 Å². The Kier molecular flexibility index (Phi) is 15.3. The Bertz CT molecular complexity index is 1690. The number of carbonyl (C=O) groups excluding carboxylic acids is 2. The Morgan fingerprint density at radius 1 is 1.00 bits per heavy atom. The van der Waals surface area contributed by atoms with Gasteiger partial charge in [0.05, 0.1) is 25.5 Å². The smallest absolute Gasteiger partial charge is 0.490 e. The molecule has 0 unspecified atom stereocenters. The van der Waals surface area contributed by atoms with Crippen molar-refractivity contribution in [1.82, 2.24) is 14.5 Å². The van der Waals surface area contributed by atoms with Crippen molar-refractivity contribution in [2.75, 3.05) is 52.8 Å². The zero-order chi connectivity index (χ0) is 38.6. The van der Waals surface area contributed by atoms with Gasteiger partial charge >= 0.3 is 12.1 Å². The summed E-state index contributed by atoms with van der Waals surface area (Å²) in [6.45, 7) is 3.93. The van der Waals surface area contributed by atoms with Crippen LogP contribution in [0.15, 0.2) is 46.3 Å². The van der Waals surface area contributed by atoms with E-state index in [2.05, 4.69) is 20.5 Å². The highest BCUT2D eigenvalue weighted by Crippen LogP contribution is 2.30. The molecule has 52 heavy (non-hydrogen) atoms. The first-order valence-electron chi connectivity index (χ1n) is 16.7. The number of halogens is 3. The van der Waals surface area contributed by atoms with Gasteiger partial charge in [-0.1, -0.05) is 44.2 Å². The van der Waals surface area contributed by atoms with E-state index < -0.39 is 40.0 Å². The predicted molar refractivity (Wildman–Crippen MR) is 188 cm³/mol. The lowest BCUT2D eigenvalue weighted by Gasteiger charge is -2.31. The van der Waals surface area contributed by atoms with E-state index in [-0.39, 0.29) is 17.3 Å². The lowest BCUT2D eigenvalue weighted by molar-refractivity contribution is -0.192. The molecule has 0 aromatic heterocycles. The molecule has 2 aliphatic rings. The van der Waals surface area contributed by atoms with Gasteiger partial charge in [-0.2, -0.15) is 17.5 Å². The van der Waals surface area contributed by atoms with Gasteiger partial charge in [0.15, 0.2) is 17.5 Å². The molecule has 5 N–H and O–H groups in total. The van der Waals surface area contributed by atoms with Crippen LogP contribution in [0.1, 0.15) is 49.7 Å². The summed E-state index contributed by atoms with van der Waals surface area (Å²) in [5, 5.41) is 12.6. The van der Waals surface area contributed by atoms with E-state index in [0.717, 1.165) is 31.2 Å². The summed E-state index contributed by atoms with van der Waals surface area (Å²) in [6.07, 6.45) is 0.724. The SMILES string of the molecule is COc1ccc(CC(=O)NC(N)=N[C@H](CC2CCCCC2)C(=O)Nc2cc(S(=O)(=O)N3CCN(C)CC3)ccc2C)cc1OC.O=C(O)C(F)(F)F. The number of sulfonamides is 1. The van der Waals surface area contributed by atoms with Crippen molar-refractivity contribution in [3.8, 4) is 11.5 Å². The first kappa shape index (κ1) is 42.0. The van der Waals surface area contributed by atoms with Crippen LogP contribution in [0.4, 0.5) is 18.9 Å². The number of guanidine groups is 1. The predicted octanol–water partition coefficient (Wildman–Crippen LogP) is 3.53. The Morgan fingerprint density at radius 3 is 2.19 bits per heavy atom. The summed E-state index contributed by atoms with van der Waals surface area (Å²) in [6, 6.07) is 9.10. The monoisotopic (exact) mass is 756 g/mol. The van der Waals surface area contributed by atoms with E-state index in [9.17, 15) is 31.2 Å². The number of hydrogen-bond acceptors (Lipinski definition) is 9. The van der Waals surface area contributed by atoms with E-state index >= 15 is 0 Å². The van der Waals surface area contributed by atoms with E-state index in [0.29, 0.717) is 61.3 Å². The van der Waals surface area contributed by atoms with E-state index in [4.69, 9.17) is 25.1 Å². The second-order valence-corrected chi connectivity index (χ2v) is 14.6. The van der Waals surface area contributed by atoms with Crippen molar-refractivity contribution in [2.24, 2.45) is 16.6 Å². The number of benzene rings is 2. The van der Waals surface area contributed by atoms with Gasteiger partial charge in [-0.05, 0) is 61.7 Å². The molecule has 0 radical (unpaired) electrons. The largest absolute Gasteiger partial charge is 0.493 e. The number of amides is 2. The van der Waals surface area contributed by atoms with Crippen molar-refractivity contribution < 1.29 is 50.6 Å². The Balaban J connectivity index is 0.000000944. The minimum Gasteiger partial charge on any atom is -0.493 e. The third-order valence-corrected chi connectivity index (χ3v) is 10.7. The molecule has 2 amide bonds. The van der Waals surface area contributed by atoms with Gasteiger partial charge in [0.2, 0.25) is 21.8 Å². The maximum Gasteiger partial charge on any atom is 0.490 e. The number of methoxy groups -OCH3 is 2. The number of nitrogens with two attached hydrogens (primary N) is 1. The van der Waals surface area contributed by atoms with Crippen molar-refractivity contribution in [2.45, 2.75) is 69.0 Å². The second kappa shape index (κ2) is 18.9. The standard InChI is InChI=1S/C32H46N6O6S.C2HF3O2/c1-22-10-12-25(45(41,42)38-16-14-37(2)15-17-38)21-26(22)34-31(40)27(18-23-8-6-5-7-9-23)35-32(33)36-30(39)20-24-11-13-28(43-3)29(19-24)44-4;3-2(4,5)1(6)7/h10-13,19,21,23,27H,5-9,14-18,20H2,1-4H3,(H,34,40)(H3,33,35,36,39);(H,6,7)/t27-;/m1./s1. The maximum atomic E-state index is 13.7. The second-order valence-electron chi connectivity index (χ2n) is 12.7. The van der Waals surface area contributed by atoms with Crippen molar-refractivity contribution in [3.63, 3.8) is 0 Å². The van der Waals surface area contributed by atoms with Crippen LogP contribution in [0.5, 0.6) is 11.5 Å². The summed E-state index contributed by atoms with van der Waals surface area (Å²) >= 11 is 0. The first-order valence-corrected chi connectivity index (χ1v) is 18.1. The highest BCUT2D eigenvalue weighted by atomic mass is 32.2. The lowest BCUT2D eigenvalue weighted by atomic mass is 9.84. The summed E-state index contributed by atoms with van der Waals surface area (Å²) in [5.74, 6) is -2.36. The first-order chi connectivity index (χ1) is 24.4. The third kappa shape index (κ3) is 12.4. The number of rotatable bonds is 11. The summed E-state index contributed by atoms with van der Waals surface area (Å²) in [7, 11) is 1.30. The molecule has 1 atom stereocenters. The van der Waals surface area contributed by atoms with E-state index in [1.807, 2.05) is 14.0 Å². The molecule has 288 valence electrons. The number of nitrogens with one attached hydrogen (secondary N) is 2. The van der Waals surface area contributed by atoms with E-state index in [1.54, 1.807) is 30.3 Å². The number of anilines is 1. The molecule has 0 bridgehead atoms. The molecule has 14 nitrogen and oxygen atoms in total. The highest BCUT2D eigenvalue weighted by Gasteiger charge is 2.38. The fourth-order valence-corrected chi connectivity index (χ4v) is 7.26. The third-order valence-electron chi connectivity index (χ3n) is 8.77. The number of nitrogens with zero attached hydrogens (tertiary/aromatic N) is 3. The van der Waals surface area contributed by atoms with Crippen LogP contribution in [0, 0.1) is 12.8 Å². The van der Waals surface area contributed by atoms with Gasteiger partial charge in [-0.25, -0.2) is 18.2 Å². The number of piperazine rings is 1. The Morgan fingerprint density at radius 2 is 1.62 bits per heavy atom. The summed E-state index contributed by atoms with van der Waals surface area (Å²) in [5.41, 5.74) is 7.98. The molecule has 0 spiro atoms. The molecule has 4 rings (SSSR count). The van der Waals surface area contributed by atoms with Gasteiger partial charge in [0.1, 0.15) is 6.04 Å². The van der Waals surface area contributed by atoms with Gasteiger partial charge in [0.25, 0.3) is 0 Å². The van der Waals surface area contributed by atoms with Crippen LogP contribution in [0.3, 0.4) is 0 Å². The zero-order valence-electron chi connectivity index (χ0n) is 29.7. The molecule has 1 heterocycles. The molecule has 1 aliphatic heterocycles. The number of carboxylic acid groups (broad SMARTS) is 1. The number of hydrogen-bond donors (Lipinski definition) is 4. The van der Waals surface area contributed by atoms with Crippen LogP contribution < -0.4 is 25.8 Å².